The van der Waals surface area contributed by atoms with Crippen LogP contribution >= 0.6 is 23.1 Å². The van der Waals surface area contributed by atoms with E-state index in [4.69, 9.17) is 4.98 Å². The molecule has 0 saturated heterocycles. The molecule has 0 fully saturated rings. The highest BCUT2D eigenvalue weighted by Crippen LogP contribution is 2.42. The van der Waals surface area contributed by atoms with Gasteiger partial charge in [-0.25, -0.2) is 15.0 Å². The topological polar surface area (TPSA) is 50.7 Å². The second-order valence-corrected chi connectivity index (χ2v) is 6.14. The lowest BCUT2D eigenvalue weighted by Crippen LogP contribution is -2.05. The van der Waals surface area contributed by atoms with Crippen LogP contribution in [0.25, 0.3) is 11.4 Å². The molecular formula is C14H20N4S2. The van der Waals surface area contributed by atoms with Crippen molar-refractivity contribution in [2.75, 3.05) is 11.9 Å². The Labute approximate surface area is 128 Å². The highest BCUT2D eigenvalue weighted by molar-refractivity contribution is 7.98. The summed E-state index contributed by atoms with van der Waals surface area (Å²) in [5.41, 5.74) is 2.05. The molecule has 1 aliphatic heterocycles. The lowest BCUT2D eigenvalue weighted by molar-refractivity contribution is 1.03. The van der Waals surface area contributed by atoms with E-state index in [2.05, 4.69) is 22.2 Å². The van der Waals surface area contributed by atoms with Crippen molar-refractivity contribution in [3.05, 3.63) is 16.1 Å². The predicted molar refractivity (Wildman–Crippen MR) is 87.6 cm³/mol. The van der Waals surface area contributed by atoms with Crippen LogP contribution in [0.1, 0.15) is 37.6 Å². The number of thioether (sulfide) groups is 1. The van der Waals surface area contributed by atoms with E-state index in [0.717, 1.165) is 35.0 Å². The third kappa shape index (κ3) is 2.96. The van der Waals surface area contributed by atoms with Gasteiger partial charge < -0.3 is 5.32 Å². The molecule has 4 nitrogen and oxygen atoms in total. The molecular weight excluding hydrogens is 288 g/mol. The van der Waals surface area contributed by atoms with Crippen molar-refractivity contribution in [2.45, 2.75) is 44.8 Å². The summed E-state index contributed by atoms with van der Waals surface area (Å²) in [5, 5.41) is 4.35. The van der Waals surface area contributed by atoms with Gasteiger partial charge in [0.15, 0.2) is 0 Å². The van der Waals surface area contributed by atoms with Crippen molar-refractivity contribution in [1.29, 1.82) is 0 Å². The minimum absolute atomic E-state index is 0.691. The molecule has 2 aromatic heterocycles. The number of nitrogens with one attached hydrogen (secondary N) is 1. The minimum atomic E-state index is 0.691. The second kappa shape index (κ2) is 7.04. The second-order valence-electron chi connectivity index (χ2n) is 3.96. The molecule has 0 aliphatic carbocycles. The number of aromatic nitrogens is 3. The maximum absolute atomic E-state index is 4.70. The summed E-state index contributed by atoms with van der Waals surface area (Å²) in [6.07, 6.45) is 2.89. The van der Waals surface area contributed by atoms with Gasteiger partial charge >= 0.3 is 0 Å². The normalized spacial score (nSPS) is 12.0. The number of hydrogen-bond donors (Lipinski definition) is 1. The number of anilines is 1. The molecule has 0 aromatic carbocycles. The fraction of sp³-hybridized carbons (Fsp3) is 0.500. The lowest BCUT2D eigenvalue weighted by atomic mass is 10.2. The summed E-state index contributed by atoms with van der Waals surface area (Å²) in [4.78, 5) is 16.1. The summed E-state index contributed by atoms with van der Waals surface area (Å²) in [5.74, 6) is 1.68. The molecule has 6 heteroatoms. The summed E-state index contributed by atoms with van der Waals surface area (Å²) in [6.45, 7) is 9.01. The van der Waals surface area contributed by atoms with Gasteiger partial charge in [0.05, 0.1) is 9.90 Å². The zero-order valence-corrected chi connectivity index (χ0v) is 14.0. The van der Waals surface area contributed by atoms with Crippen molar-refractivity contribution in [1.82, 2.24) is 15.0 Å². The summed E-state index contributed by atoms with van der Waals surface area (Å²) in [6, 6.07) is 0. The molecule has 1 N–H and O–H groups in total. The van der Waals surface area contributed by atoms with Crippen LogP contribution in [0.15, 0.2) is 11.1 Å². The monoisotopic (exact) mass is 308 g/mol. The van der Waals surface area contributed by atoms with E-state index in [1.807, 2.05) is 27.0 Å². The van der Waals surface area contributed by atoms with Crippen molar-refractivity contribution in [3.8, 4) is 11.4 Å². The van der Waals surface area contributed by atoms with Crippen LogP contribution in [-0.4, -0.2) is 21.5 Å². The first-order valence-electron chi connectivity index (χ1n) is 7.04. The molecule has 0 amide bonds. The molecule has 0 atom stereocenters. The Morgan fingerprint density at radius 1 is 1.20 bits per heavy atom. The first-order chi connectivity index (χ1) is 9.81. The third-order valence-corrected chi connectivity index (χ3v) is 5.14. The smallest absolute Gasteiger partial charge is 0.223 e. The van der Waals surface area contributed by atoms with Gasteiger partial charge in [0.1, 0.15) is 11.4 Å². The van der Waals surface area contributed by atoms with E-state index >= 15 is 0 Å². The quantitative estimate of drug-likeness (QED) is 0.919. The lowest BCUT2D eigenvalue weighted by Gasteiger charge is -2.13. The molecule has 2 aromatic rings. The first kappa shape index (κ1) is 15.3. The molecule has 108 valence electrons. The zero-order valence-electron chi connectivity index (χ0n) is 12.4. The average molecular weight is 308 g/mol. The summed E-state index contributed by atoms with van der Waals surface area (Å²) >= 11 is 3.61. The largest absolute Gasteiger partial charge is 0.354 e. The maximum Gasteiger partial charge on any atom is 0.223 e. The van der Waals surface area contributed by atoms with Gasteiger partial charge in [-0.3, -0.25) is 0 Å². The van der Waals surface area contributed by atoms with E-state index in [9.17, 15) is 0 Å². The van der Waals surface area contributed by atoms with Gasteiger partial charge in [-0.2, -0.15) is 0 Å². The molecule has 0 radical (unpaired) electrons. The van der Waals surface area contributed by atoms with Gasteiger partial charge in [-0.1, -0.05) is 20.8 Å². The Bertz CT molecular complexity index is 581. The Hall–Kier alpha value is -1.14. The molecule has 3 heterocycles. The van der Waals surface area contributed by atoms with E-state index < -0.39 is 0 Å². The maximum atomic E-state index is 4.70. The Balaban J connectivity index is 0.000000704. The highest BCUT2D eigenvalue weighted by atomic mass is 32.2. The number of thiazole rings is 1. The number of nitrogens with zero attached hydrogens (tertiary/aromatic N) is 3. The molecule has 0 spiro atoms. The zero-order chi connectivity index (χ0) is 14.5. The minimum Gasteiger partial charge on any atom is -0.354 e. The fourth-order valence-electron chi connectivity index (χ4n) is 1.87. The van der Waals surface area contributed by atoms with E-state index in [1.165, 1.54) is 9.88 Å². The number of hydrogen-bond acceptors (Lipinski definition) is 6. The van der Waals surface area contributed by atoms with Crippen LogP contribution in [-0.2, 0) is 12.2 Å². The molecule has 0 saturated carbocycles. The van der Waals surface area contributed by atoms with Gasteiger partial charge in [-0.05, 0) is 13.3 Å². The van der Waals surface area contributed by atoms with Gasteiger partial charge in [-0.15, -0.1) is 23.1 Å². The molecule has 0 bridgehead atoms. The van der Waals surface area contributed by atoms with E-state index in [-0.39, 0.29) is 0 Å². The fourth-order valence-corrected chi connectivity index (χ4v) is 3.91. The van der Waals surface area contributed by atoms with Crippen LogP contribution in [0.3, 0.4) is 0 Å². The van der Waals surface area contributed by atoms with Crippen molar-refractivity contribution in [3.63, 3.8) is 0 Å². The average Bonchev–Trinajstić information content (AvgIpc) is 2.93. The first-order valence-corrected chi connectivity index (χ1v) is 8.84. The van der Waals surface area contributed by atoms with Crippen LogP contribution < -0.4 is 5.32 Å². The van der Waals surface area contributed by atoms with Crippen LogP contribution in [0.4, 0.5) is 5.95 Å². The number of fused-ring (bicyclic) bond motifs is 3. The highest BCUT2D eigenvalue weighted by Gasteiger charge is 2.23. The van der Waals surface area contributed by atoms with Crippen LogP contribution in [0, 0.1) is 0 Å². The van der Waals surface area contributed by atoms with Gasteiger partial charge in [0, 0.05) is 23.4 Å². The van der Waals surface area contributed by atoms with E-state index in [1.54, 1.807) is 23.1 Å². The van der Waals surface area contributed by atoms with Crippen molar-refractivity contribution < 1.29 is 0 Å². The van der Waals surface area contributed by atoms with Gasteiger partial charge in [0.25, 0.3) is 0 Å². The Morgan fingerprint density at radius 2 is 2.00 bits per heavy atom. The van der Waals surface area contributed by atoms with Crippen LogP contribution in [0.2, 0.25) is 0 Å². The predicted octanol–water partition coefficient (Wildman–Crippen LogP) is 4.23. The number of aryl methyl sites for hydroxylation is 1. The Kier molecular flexibility index (Phi) is 5.37. The van der Waals surface area contributed by atoms with E-state index in [0.29, 0.717) is 5.95 Å². The van der Waals surface area contributed by atoms with Crippen LogP contribution in [0.5, 0.6) is 0 Å². The standard InChI is InChI=1S/C12H14N4S2.C2H6/c1-3-9-15-11-8(18-9)6-17-7-5-14-12(13-4-2)16-10(7)11;1-2/h5H,3-4,6H2,1-2H3,(H,13,14,16);1-2H3. The molecule has 3 rings (SSSR count). The summed E-state index contributed by atoms with van der Waals surface area (Å²) in [7, 11) is 0. The van der Waals surface area contributed by atoms with Gasteiger partial charge in [0.2, 0.25) is 5.95 Å². The number of rotatable bonds is 3. The summed E-state index contributed by atoms with van der Waals surface area (Å²) < 4.78 is 0. The molecule has 20 heavy (non-hydrogen) atoms. The Morgan fingerprint density at radius 3 is 2.70 bits per heavy atom. The van der Waals surface area contributed by atoms with Crippen molar-refractivity contribution >= 4 is 29.0 Å². The SMILES string of the molecule is CC.CCNc1ncc2c(n1)-c1nc(CC)sc1CS2. The molecule has 1 aliphatic rings. The third-order valence-electron chi connectivity index (χ3n) is 2.72. The van der Waals surface area contributed by atoms with Crippen molar-refractivity contribution in [2.24, 2.45) is 0 Å². The molecule has 0 unspecified atom stereocenters.